The van der Waals surface area contributed by atoms with Crippen molar-refractivity contribution in [1.29, 1.82) is 0 Å². The highest BCUT2D eigenvalue weighted by molar-refractivity contribution is 7.90. The number of nitrogens with one attached hydrogen (secondary N) is 2. The first-order chi connectivity index (χ1) is 15.4. The number of anilines is 2. The maximum atomic E-state index is 12.7. The van der Waals surface area contributed by atoms with Crippen molar-refractivity contribution in [2.75, 3.05) is 36.5 Å². The maximum absolute atomic E-state index is 12.7. The van der Waals surface area contributed by atoms with E-state index in [-0.39, 0.29) is 16.6 Å². The number of carbonyl (C=O) groups is 1. The van der Waals surface area contributed by atoms with Crippen molar-refractivity contribution in [3.63, 3.8) is 0 Å². The molecule has 1 fully saturated rings. The van der Waals surface area contributed by atoms with Gasteiger partial charge in [-0.05, 0) is 37.3 Å². The topological polar surface area (TPSA) is 113 Å². The van der Waals surface area contributed by atoms with Crippen LogP contribution < -0.4 is 14.9 Å². The number of amides is 1. The molecule has 32 heavy (non-hydrogen) atoms. The number of aromatic nitrogens is 1. The Hall–Kier alpha value is -3.02. The summed E-state index contributed by atoms with van der Waals surface area (Å²) in [5.41, 5.74) is 1.98. The molecule has 0 bridgehead atoms. The number of aliphatic imine (C=N–C) groups is 1. The summed E-state index contributed by atoms with van der Waals surface area (Å²) >= 11 is 1.58. The minimum atomic E-state index is -3.65. The molecule has 166 valence electrons. The molecule has 1 amide bonds. The van der Waals surface area contributed by atoms with Crippen LogP contribution >= 0.6 is 11.3 Å². The highest BCUT2D eigenvalue weighted by Gasteiger charge is 2.31. The molecular formula is C21H21N5O4S2. The van der Waals surface area contributed by atoms with E-state index in [1.807, 2.05) is 12.1 Å². The third-order valence-electron chi connectivity index (χ3n) is 5.29. The number of morpholine rings is 1. The normalized spacial score (nSPS) is 19.5. The second-order valence-corrected chi connectivity index (χ2v) is 10.2. The molecule has 2 aromatic carbocycles. The molecule has 0 aliphatic carbocycles. The molecule has 11 heteroatoms. The molecule has 0 radical (unpaired) electrons. The average molecular weight is 472 g/mol. The molecule has 1 unspecified atom stereocenters. The molecule has 5 rings (SSSR count). The summed E-state index contributed by atoms with van der Waals surface area (Å²) in [7, 11) is -3.65. The predicted octanol–water partition coefficient (Wildman–Crippen LogP) is 2.20. The van der Waals surface area contributed by atoms with Gasteiger partial charge in [-0.3, -0.25) is 14.5 Å². The zero-order valence-electron chi connectivity index (χ0n) is 17.2. The van der Waals surface area contributed by atoms with E-state index in [1.54, 1.807) is 42.5 Å². The highest BCUT2D eigenvalue weighted by Crippen LogP contribution is 2.31. The molecule has 0 spiro atoms. The molecule has 3 heterocycles. The predicted molar refractivity (Wildman–Crippen MR) is 124 cm³/mol. The van der Waals surface area contributed by atoms with E-state index in [1.165, 1.54) is 6.07 Å². The second kappa shape index (κ2) is 8.15. The van der Waals surface area contributed by atoms with Gasteiger partial charge in [0.2, 0.25) is 5.91 Å². The number of nitrogens with zero attached hydrogens (tertiary/aromatic N) is 3. The van der Waals surface area contributed by atoms with Gasteiger partial charge >= 0.3 is 0 Å². The van der Waals surface area contributed by atoms with Gasteiger partial charge in [-0.15, -0.1) is 0 Å². The van der Waals surface area contributed by atoms with Gasteiger partial charge in [0.05, 0.1) is 28.3 Å². The van der Waals surface area contributed by atoms with Gasteiger partial charge in [0, 0.05) is 24.3 Å². The standard InChI is InChI=1S/C21H21N5O4S2/c1-13(22-19-15-4-2-3-5-18(15)32(28,29)25-19)20(27)23-14-6-7-16-17(12-14)31-21(24-16)26-8-10-30-11-9-26/h2-7,12-13H,8-11H2,1H3,(H,22,25)(H,23,27). The Kier molecular flexibility index (Phi) is 5.31. The van der Waals surface area contributed by atoms with E-state index in [2.05, 4.69) is 24.9 Å². The Morgan fingerprint density at radius 1 is 1.25 bits per heavy atom. The Morgan fingerprint density at radius 2 is 2.03 bits per heavy atom. The van der Waals surface area contributed by atoms with Crippen molar-refractivity contribution in [2.24, 2.45) is 4.99 Å². The van der Waals surface area contributed by atoms with Crippen LogP contribution in [0.3, 0.4) is 0 Å². The van der Waals surface area contributed by atoms with Crippen LogP contribution in [0, 0.1) is 0 Å². The second-order valence-electron chi connectivity index (χ2n) is 7.52. The molecule has 0 saturated carbocycles. The van der Waals surface area contributed by atoms with Crippen LogP contribution in [0.15, 0.2) is 52.4 Å². The third-order valence-corrected chi connectivity index (χ3v) is 7.77. The van der Waals surface area contributed by atoms with Crippen molar-refractivity contribution in [3.05, 3.63) is 48.0 Å². The number of fused-ring (bicyclic) bond motifs is 2. The van der Waals surface area contributed by atoms with Crippen LogP contribution in [0.5, 0.6) is 0 Å². The number of hydrogen-bond donors (Lipinski definition) is 2. The Balaban J connectivity index is 1.33. The SMILES string of the molecule is CC(N=C1NS(=O)(=O)c2ccccc21)C(=O)Nc1ccc2nc(N3CCOCC3)sc2c1. The van der Waals surface area contributed by atoms with Crippen molar-refractivity contribution >= 4 is 54.1 Å². The Labute approximate surface area is 189 Å². The lowest BCUT2D eigenvalue weighted by atomic mass is 10.2. The fourth-order valence-electron chi connectivity index (χ4n) is 3.61. The molecule has 1 aromatic heterocycles. The average Bonchev–Trinajstić information content (AvgIpc) is 3.33. The van der Waals surface area contributed by atoms with Crippen molar-refractivity contribution in [3.8, 4) is 0 Å². The smallest absolute Gasteiger partial charge is 0.263 e. The molecule has 9 nitrogen and oxygen atoms in total. The van der Waals surface area contributed by atoms with Crippen LogP contribution in [-0.2, 0) is 19.6 Å². The first-order valence-corrected chi connectivity index (χ1v) is 12.4. The molecule has 1 saturated heterocycles. The van der Waals surface area contributed by atoms with Gasteiger partial charge < -0.3 is 15.0 Å². The van der Waals surface area contributed by atoms with E-state index in [9.17, 15) is 13.2 Å². The largest absolute Gasteiger partial charge is 0.378 e. The molecule has 2 N–H and O–H groups in total. The zero-order chi connectivity index (χ0) is 22.3. The van der Waals surface area contributed by atoms with Gasteiger partial charge in [0.15, 0.2) is 5.13 Å². The fourth-order valence-corrected chi connectivity index (χ4v) is 5.90. The van der Waals surface area contributed by atoms with Crippen molar-refractivity contribution in [1.82, 2.24) is 9.71 Å². The third kappa shape index (κ3) is 3.94. The van der Waals surface area contributed by atoms with Gasteiger partial charge in [-0.25, -0.2) is 13.4 Å². The number of amidine groups is 1. The summed E-state index contributed by atoms with van der Waals surface area (Å²) in [6.45, 7) is 4.64. The minimum absolute atomic E-state index is 0.165. The molecule has 2 aliphatic rings. The summed E-state index contributed by atoms with van der Waals surface area (Å²) in [4.78, 5) is 24.1. The molecule has 3 aromatic rings. The number of benzene rings is 2. The quantitative estimate of drug-likeness (QED) is 0.603. The maximum Gasteiger partial charge on any atom is 0.263 e. The molecular weight excluding hydrogens is 450 g/mol. The van der Waals surface area contributed by atoms with Gasteiger partial charge in [0.1, 0.15) is 11.9 Å². The van der Waals surface area contributed by atoms with E-state index in [0.29, 0.717) is 24.5 Å². The summed E-state index contributed by atoms with van der Waals surface area (Å²) in [5.74, 6) is -0.158. The number of ether oxygens (including phenoxy) is 1. The van der Waals surface area contributed by atoms with Gasteiger partial charge in [0.25, 0.3) is 10.0 Å². The van der Waals surface area contributed by atoms with Crippen LogP contribution in [0.1, 0.15) is 12.5 Å². The number of sulfonamides is 1. The van der Waals surface area contributed by atoms with Crippen LogP contribution in [0.25, 0.3) is 10.2 Å². The van der Waals surface area contributed by atoms with Crippen molar-refractivity contribution < 1.29 is 17.9 Å². The van der Waals surface area contributed by atoms with Crippen molar-refractivity contribution in [2.45, 2.75) is 17.9 Å². The van der Waals surface area contributed by atoms with E-state index in [4.69, 9.17) is 4.74 Å². The lowest BCUT2D eigenvalue weighted by Gasteiger charge is -2.25. The number of rotatable bonds is 4. The first kappa shape index (κ1) is 20.9. The van der Waals surface area contributed by atoms with E-state index >= 15 is 0 Å². The Bertz CT molecular complexity index is 1330. The summed E-state index contributed by atoms with van der Waals surface area (Å²) < 4.78 is 33.3. The zero-order valence-corrected chi connectivity index (χ0v) is 18.9. The lowest BCUT2D eigenvalue weighted by molar-refractivity contribution is -0.117. The number of thiazole rings is 1. The lowest BCUT2D eigenvalue weighted by Crippen LogP contribution is -2.36. The molecule has 2 aliphatic heterocycles. The molecule has 1 atom stereocenters. The number of carbonyl (C=O) groups excluding carboxylic acids is 1. The van der Waals surface area contributed by atoms with Crippen LogP contribution in [-0.4, -0.2) is 57.5 Å². The fraction of sp³-hybridized carbons (Fsp3) is 0.286. The van der Waals surface area contributed by atoms with Gasteiger partial charge in [-0.2, -0.15) is 0 Å². The van der Waals surface area contributed by atoms with Crippen LogP contribution in [0.2, 0.25) is 0 Å². The minimum Gasteiger partial charge on any atom is -0.378 e. The highest BCUT2D eigenvalue weighted by atomic mass is 32.2. The van der Waals surface area contributed by atoms with Crippen LogP contribution in [0.4, 0.5) is 10.8 Å². The van der Waals surface area contributed by atoms with E-state index in [0.717, 1.165) is 28.4 Å². The van der Waals surface area contributed by atoms with E-state index < -0.39 is 16.1 Å². The first-order valence-electron chi connectivity index (χ1n) is 10.1. The number of hydrogen-bond acceptors (Lipinski definition) is 8. The summed E-state index contributed by atoms with van der Waals surface area (Å²) in [5, 5.41) is 3.81. The monoisotopic (exact) mass is 471 g/mol. The van der Waals surface area contributed by atoms with Gasteiger partial charge in [-0.1, -0.05) is 23.5 Å². The summed E-state index contributed by atoms with van der Waals surface area (Å²) in [6.07, 6.45) is 0. The Morgan fingerprint density at radius 3 is 2.84 bits per heavy atom. The summed E-state index contributed by atoms with van der Waals surface area (Å²) in [6, 6.07) is 11.3.